The van der Waals surface area contributed by atoms with Crippen molar-refractivity contribution >= 4 is 26.6 Å². The molecule has 1 aromatic carbocycles. The van der Waals surface area contributed by atoms with Gasteiger partial charge in [0.15, 0.2) is 0 Å². The summed E-state index contributed by atoms with van der Waals surface area (Å²) in [5, 5.41) is 3.33. The monoisotopic (exact) mass is 537 g/mol. The zero-order valence-electron chi connectivity index (χ0n) is 20.4. The van der Waals surface area contributed by atoms with Crippen LogP contribution in [-0.4, -0.2) is 36.3 Å². The van der Waals surface area contributed by atoms with Crippen molar-refractivity contribution in [3.05, 3.63) is 63.5 Å². The molecule has 2 aromatic heterocycles. The number of aryl methyl sites for hydroxylation is 1. The fourth-order valence-electron chi connectivity index (χ4n) is 4.76. The van der Waals surface area contributed by atoms with Crippen LogP contribution < -0.4 is 10.9 Å². The Morgan fingerprint density at radius 3 is 2.51 bits per heavy atom. The zero-order valence-corrected chi connectivity index (χ0v) is 21.2. The summed E-state index contributed by atoms with van der Waals surface area (Å²) >= 11 is 0. The van der Waals surface area contributed by atoms with Crippen LogP contribution in [-0.2, 0) is 22.4 Å². The van der Waals surface area contributed by atoms with Gasteiger partial charge in [-0.15, -0.1) is 0 Å². The molecule has 0 spiro atoms. The Labute approximate surface area is 211 Å². The van der Waals surface area contributed by atoms with Crippen molar-refractivity contribution in [1.82, 2.24) is 14.5 Å². The molecule has 1 aliphatic carbocycles. The van der Waals surface area contributed by atoms with E-state index in [1.165, 1.54) is 36.1 Å². The highest BCUT2D eigenvalue weighted by Gasteiger charge is 2.41. The molecule has 1 N–H and O–H groups in total. The van der Waals surface area contributed by atoms with Crippen molar-refractivity contribution in [1.29, 1.82) is 0 Å². The minimum absolute atomic E-state index is 0.0121. The molecule has 1 saturated heterocycles. The quantitative estimate of drug-likeness (QED) is 0.439. The number of fused-ring (bicyclic) bond motifs is 1. The smallest absolute Gasteiger partial charge is 0.266 e. The summed E-state index contributed by atoms with van der Waals surface area (Å²) in [6.45, 7) is 1.59. The number of nitrogens with one attached hydrogen (secondary N) is 1. The van der Waals surface area contributed by atoms with Crippen LogP contribution in [0.5, 0.6) is 0 Å². The molecule has 1 aliphatic heterocycles. The molecule has 7 nitrogen and oxygen atoms in total. The minimum Gasteiger partial charge on any atom is -0.363 e. The second-order valence-corrected chi connectivity index (χ2v) is 12.4. The van der Waals surface area contributed by atoms with E-state index in [1.54, 1.807) is 6.92 Å². The van der Waals surface area contributed by atoms with E-state index in [2.05, 4.69) is 19.6 Å². The summed E-state index contributed by atoms with van der Waals surface area (Å²) in [5.41, 5.74) is -3.11. The number of alkyl halides is 3. The third-order valence-electron chi connectivity index (χ3n) is 7.12. The second kappa shape index (κ2) is 9.38. The molecule has 12 heteroatoms. The maximum atomic E-state index is 16.2. The van der Waals surface area contributed by atoms with Crippen LogP contribution in [0.25, 0.3) is 11.0 Å². The van der Waals surface area contributed by atoms with Crippen molar-refractivity contribution in [2.45, 2.75) is 56.8 Å². The van der Waals surface area contributed by atoms with Crippen molar-refractivity contribution in [2.75, 3.05) is 16.8 Å². The lowest BCUT2D eigenvalue weighted by molar-refractivity contribution is 0.146. The molecule has 3 aromatic rings. The normalized spacial score (nSPS) is 24.8. The van der Waals surface area contributed by atoms with Gasteiger partial charge in [-0.25, -0.2) is 36.1 Å². The predicted molar refractivity (Wildman–Crippen MR) is 134 cm³/mol. The first kappa shape index (κ1) is 25.6. The van der Waals surface area contributed by atoms with Gasteiger partial charge < -0.3 is 5.32 Å². The zero-order chi connectivity index (χ0) is 26.5. The topological polar surface area (TPSA) is 89.2 Å². The molecule has 0 bridgehead atoms. The highest BCUT2D eigenvalue weighted by Crippen LogP contribution is 2.39. The standard InChI is InChI=1S/C25H27F4N5O2S/c1-14(16-4-3-5-17(20(16)26)21(27)28)32-22-18-12-19(24(35)34(2)23(18)31-13-30-22)25(29)8-10-37(36,11-9-25)33-15-6-7-15/h3-5,12-15,21H,6-11H2,1-2H3,(H,30,31,32)/t14-,25?,37?/m1/s1. The molecule has 5 rings (SSSR count). The van der Waals surface area contributed by atoms with Gasteiger partial charge >= 0.3 is 0 Å². The largest absolute Gasteiger partial charge is 0.363 e. The van der Waals surface area contributed by atoms with Crippen LogP contribution in [0.15, 0.2) is 39.8 Å². The van der Waals surface area contributed by atoms with Gasteiger partial charge in [0.05, 0.1) is 28.6 Å². The van der Waals surface area contributed by atoms with E-state index in [4.69, 9.17) is 0 Å². The Morgan fingerprint density at radius 2 is 1.86 bits per heavy atom. The molecule has 0 radical (unpaired) electrons. The van der Waals surface area contributed by atoms with E-state index in [1.807, 2.05) is 0 Å². The van der Waals surface area contributed by atoms with E-state index in [0.29, 0.717) is 5.39 Å². The summed E-state index contributed by atoms with van der Waals surface area (Å²) < 4.78 is 76.0. The highest BCUT2D eigenvalue weighted by atomic mass is 32.2. The molecule has 0 unspecified atom stereocenters. The summed E-state index contributed by atoms with van der Waals surface area (Å²) in [4.78, 5) is 21.5. The van der Waals surface area contributed by atoms with E-state index >= 15 is 4.39 Å². The number of aromatic nitrogens is 3. The van der Waals surface area contributed by atoms with Crippen molar-refractivity contribution < 1.29 is 21.8 Å². The van der Waals surface area contributed by atoms with Gasteiger partial charge in [0, 0.05) is 33.8 Å². The van der Waals surface area contributed by atoms with Crippen LogP contribution in [0, 0.1) is 5.82 Å². The van der Waals surface area contributed by atoms with E-state index in [0.717, 1.165) is 18.9 Å². The number of hydrogen-bond acceptors (Lipinski definition) is 6. The van der Waals surface area contributed by atoms with E-state index in [9.17, 15) is 22.2 Å². The lowest BCUT2D eigenvalue weighted by Gasteiger charge is -2.31. The first-order valence-electron chi connectivity index (χ1n) is 12.1. The Bertz CT molecular complexity index is 1530. The Hall–Kier alpha value is -3.02. The van der Waals surface area contributed by atoms with Gasteiger partial charge in [-0.3, -0.25) is 9.36 Å². The Morgan fingerprint density at radius 1 is 1.19 bits per heavy atom. The molecular weight excluding hydrogens is 510 g/mol. The number of benzene rings is 1. The third-order valence-corrected chi connectivity index (χ3v) is 9.49. The van der Waals surface area contributed by atoms with Crippen molar-refractivity contribution in [3.8, 4) is 0 Å². The summed E-state index contributed by atoms with van der Waals surface area (Å²) in [5.74, 6) is -0.667. The molecule has 1 saturated carbocycles. The average molecular weight is 538 g/mol. The van der Waals surface area contributed by atoms with Gasteiger partial charge in [0.1, 0.15) is 29.3 Å². The Kier molecular flexibility index (Phi) is 6.49. The number of halogens is 4. The summed E-state index contributed by atoms with van der Waals surface area (Å²) in [6, 6.07) is 4.49. The van der Waals surface area contributed by atoms with Gasteiger partial charge in [-0.2, -0.15) is 0 Å². The fourth-order valence-corrected chi connectivity index (χ4v) is 7.21. The molecule has 198 valence electrons. The van der Waals surface area contributed by atoms with E-state index < -0.39 is 44.8 Å². The van der Waals surface area contributed by atoms with Crippen LogP contribution in [0.1, 0.15) is 61.8 Å². The number of hydrogen-bond donors (Lipinski definition) is 1. The molecule has 3 heterocycles. The molecule has 2 aliphatic rings. The first-order chi connectivity index (χ1) is 17.5. The number of rotatable bonds is 6. The minimum atomic E-state index is -2.97. The van der Waals surface area contributed by atoms with E-state index in [-0.39, 0.29) is 53.0 Å². The molecule has 1 atom stereocenters. The second-order valence-electron chi connectivity index (χ2n) is 9.78. The van der Waals surface area contributed by atoms with Crippen LogP contribution in [0.4, 0.5) is 23.4 Å². The molecule has 0 amide bonds. The van der Waals surface area contributed by atoms with Crippen LogP contribution >= 0.6 is 0 Å². The Balaban J connectivity index is 1.52. The SMILES string of the molecule is C[C@@H](Nc1ncnc2c1cc(C1(F)CCS(=O)(=NC3CC3)CC1)c(=O)n2C)c1cccc(C(F)F)c1F. The summed E-state index contributed by atoms with van der Waals surface area (Å²) in [6.07, 6.45) is -0.126. The van der Waals surface area contributed by atoms with Gasteiger partial charge in [-0.05, 0) is 38.7 Å². The molecular formula is C25H27F4N5O2S. The lowest BCUT2D eigenvalue weighted by atomic mass is 9.90. The molecule has 2 fully saturated rings. The maximum absolute atomic E-state index is 16.2. The average Bonchev–Trinajstić information content (AvgIpc) is 3.67. The van der Waals surface area contributed by atoms with Crippen LogP contribution in [0.3, 0.4) is 0 Å². The number of anilines is 1. The fraction of sp³-hybridized carbons (Fsp3) is 0.480. The van der Waals surface area contributed by atoms with Crippen molar-refractivity contribution in [3.63, 3.8) is 0 Å². The van der Waals surface area contributed by atoms with Gasteiger partial charge in [-0.1, -0.05) is 18.2 Å². The maximum Gasteiger partial charge on any atom is 0.266 e. The lowest BCUT2D eigenvalue weighted by Crippen LogP contribution is -2.39. The highest BCUT2D eigenvalue weighted by molar-refractivity contribution is 7.93. The van der Waals surface area contributed by atoms with Crippen molar-refractivity contribution in [2.24, 2.45) is 11.4 Å². The number of nitrogens with zero attached hydrogens (tertiary/aromatic N) is 4. The summed E-state index contributed by atoms with van der Waals surface area (Å²) in [7, 11) is -1.02. The molecule has 37 heavy (non-hydrogen) atoms. The number of pyridine rings is 1. The third kappa shape index (κ3) is 4.83. The predicted octanol–water partition coefficient (Wildman–Crippen LogP) is 5.17. The van der Waals surface area contributed by atoms with Gasteiger partial charge in [0.2, 0.25) is 0 Å². The van der Waals surface area contributed by atoms with Gasteiger partial charge in [0.25, 0.3) is 12.0 Å². The first-order valence-corrected chi connectivity index (χ1v) is 14.0. The van der Waals surface area contributed by atoms with Crippen LogP contribution in [0.2, 0.25) is 0 Å².